The molecule has 2 aromatic heterocycles. The molecule has 9 heteroatoms. The van der Waals surface area contributed by atoms with Gasteiger partial charge in [0.25, 0.3) is 0 Å². The molecule has 26 heavy (non-hydrogen) atoms. The number of rotatable bonds is 4. The third kappa shape index (κ3) is 3.04. The number of hydrogen-bond acceptors (Lipinski definition) is 6. The summed E-state index contributed by atoms with van der Waals surface area (Å²) in [4.78, 5) is 12.6. The molecule has 3 aromatic rings. The molecule has 1 aliphatic rings. The number of benzene rings is 1. The Balaban J connectivity index is 1.85. The Kier molecular flexibility index (Phi) is 4.56. The number of aliphatic carboxylic acids is 1. The number of carbonyl (C=O) groups is 1. The maximum Gasteiger partial charge on any atom is 0.307 e. The Labute approximate surface area is 162 Å². The van der Waals surface area contributed by atoms with E-state index in [9.17, 15) is 9.90 Å². The van der Waals surface area contributed by atoms with Gasteiger partial charge in [-0.05, 0) is 29.1 Å². The molecule has 132 valence electrons. The van der Waals surface area contributed by atoms with Crippen molar-refractivity contribution in [3.63, 3.8) is 0 Å². The van der Waals surface area contributed by atoms with E-state index in [1.807, 2.05) is 29.6 Å². The van der Waals surface area contributed by atoms with Crippen molar-refractivity contribution in [2.45, 2.75) is 17.3 Å². The number of fused-ring (bicyclic) bond motifs is 1. The smallest absolute Gasteiger partial charge is 0.307 e. The summed E-state index contributed by atoms with van der Waals surface area (Å²) < 4.78 is 1.69. The third-order valence-electron chi connectivity index (χ3n) is 4.05. The lowest BCUT2D eigenvalue weighted by atomic mass is 9.98. The van der Waals surface area contributed by atoms with Crippen molar-refractivity contribution in [3.05, 3.63) is 52.4 Å². The van der Waals surface area contributed by atoms with Crippen LogP contribution in [0.25, 0.3) is 10.7 Å². The van der Waals surface area contributed by atoms with Crippen molar-refractivity contribution >= 4 is 46.4 Å². The van der Waals surface area contributed by atoms with Gasteiger partial charge in [-0.1, -0.05) is 48.5 Å². The van der Waals surface area contributed by atoms with E-state index in [4.69, 9.17) is 16.7 Å². The number of nitrogens with zero attached hydrogens (tertiary/aromatic N) is 4. The second-order valence-electron chi connectivity index (χ2n) is 5.75. The fraction of sp³-hybridized carbons (Fsp3) is 0.176. The van der Waals surface area contributed by atoms with Crippen LogP contribution >= 0.6 is 34.7 Å². The molecule has 2 unspecified atom stereocenters. The summed E-state index contributed by atoms with van der Waals surface area (Å²) in [6.07, 6.45) is 0. The van der Waals surface area contributed by atoms with E-state index in [0.717, 1.165) is 10.4 Å². The lowest BCUT2D eigenvalue weighted by Crippen LogP contribution is -2.34. The van der Waals surface area contributed by atoms with Gasteiger partial charge >= 0.3 is 5.97 Å². The topological polar surface area (TPSA) is 80.4 Å². The Morgan fingerprint density at radius 1 is 1.27 bits per heavy atom. The number of carboxylic acid groups (broad SMARTS) is 1. The summed E-state index contributed by atoms with van der Waals surface area (Å²) in [5.41, 5.74) is 1.50. The van der Waals surface area contributed by atoms with Crippen LogP contribution in [-0.2, 0) is 4.79 Å². The normalized spacial score (nSPS) is 17.5. The van der Waals surface area contributed by atoms with Crippen molar-refractivity contribution in [2.24, 2.45) is 11.0 Å². The number of carboxylic acids is 1. The second kappa shape index (κ2) is 6.86. The van der Waals surface area contributed by atoms with E-state index in [1.165, 1.54) is 11.8 Å². The first-order valence-electron chi connectivity index (χ1n) is 7.78. The minimum atomic E-state index is -0.879. The average Bonchev–Trinajstić information content (AvgIpc) is 3.29. The first-order chi connectivity index (χ1) is 12.5. The molecule has 0 saturated heterocycles. The molecule has 0 saturated carbocycles. The molecule has 1 aliphatic heterocycles. The molecule has 0 aliphatic carbocycles. The van der Waals surface area contributed by atoms with E-state index in [-0.39, 0.29) is 5.25 Å². The van der Waals surface area contributed by atoms with Crippen molar-refractivity contribution in [1.82, 2.24) is 14.9 Å². The van der Waals surface area contributed by atoms with Gasteiger partial charge in [-0.3, -0.25) is 4.79 Å². The minimum absolute atomic E-state index is 0.374. The summed E-state index contributed by atoms with van der Waals surface area (Å²) >= 11 is 8.91. The van der Waals surface area contributed by atoms with Crippen LogP contribution < -0.4 is 0 Å². The average molecular weight is 405 g/mol. The summed E-state index contributed by atoms with van der Waals surface area (Å²) in [5.74, 6) is -0.865. The highest BCUT2D eigenvalue weighted by molar-refractivity contribution is 8.00. The Hall–Kier alpha value is -2.16. The highest BCUT2D eigenvalue weighted by atomic mass is 35.5. The van der Waals surface area contributed by atoms with Gasteiger partial charge in [0.15, 0.2) is 5.82 Å². The predicted molar refractivity (Wildman–Crippen MR) is 103 cm³/mol. The largest absolute Gasteiger partial charge is 0.481 e. The molecule has 1 aromatic carbocycles. The summed E-state index contributed by atoms with van der Waals surface area (Å²) in [7, 11) is 0. The minimum Gasteiger partial charge on any atom is -0.481 e. The Morgan fingerprint density at radius 2 is 2.04 bits per heavy atom. The maximum atomic E-state index is 11.6. The van der Waals surface area contributed by atoms with E-state index in [1.54, 1.807) is 35.1 Å². The molecule has 4 rings (SSSR count). The zero-order valence-corrected chi connectivity index (χ0v) is 15.9. The van der Waals surface area contributed by atoms with Crippen molar-refractivity contribution in [3.8, 4) is 10.7 Å². The van der Waals surface area contributed by atoms with Gasteiger partial charge in [-0.15, -0.1) is 21.5 Å². The SMILES string of the molecule is CC(C(=O)O)C1Sc2nnc(-c3cccs3)n2N=C1c1ccc(Cl)cc1. The van der Waals surface area contributed by atoms with Crippen molar-refractivity contribution in [1.29, 1.82) is 0 Å². The molecule has 0 spiro atoms. The summed E-state index contributed by atoms with van der Waals surface area (Å²) in [5, 5.41) is 25.5. The number of thiophene rings is 1. The van der Waals surface area contributed by atoms with Crippen LogP contribution in [0.3, 0.4) is 0 Å². The quantitative estimate of drug-likeness (QED) is 0.707. The second-order valence-corrected chi connectivity index (χ2v) is 8.25. The highest BCUT2D eigenvalue weighted by Crippen LogP contribution is 2.37. The van der Waals surface area contributed by atoms with Crippen LogP contribution in [-0.4, -0.2) is 36.9 Å². The van der Waals surface area contributed by atoms with E-state index >= 15 is 0 Å². The van der Waals surface area contributed by atoms with Crippen molar-refractivity contribution in [2.75, 3.05) is 0 Å². The van der Waals surface area contributed by atoms with Gasteiger partial charge in [0.1, 0.15) is 0 Å². The van der Waals surface area contributed by atoms with Crippen LogP contribution in [0.2, 0.25) is 5.02 Å². The van der Waals surface area contributed by atoms with Gasteiger partial charge in [0.2, 0.25) is 5.16 Å². The van der Waals surface area contributed by atoms with Gasteiger partial charge in [-0.2, -0.15) is 9.78 Å². The van der Waals surface area contributed by atoms with E-state index in [2.05, 4.69) is 10.2 Å². The van der Waals surface area contributed by atoms with Gasteiger partial charge in [-0.25, -0.2) is 0 Å². The first-order valence-corrected chi connectivity index (χ1v) is 9.92. The first kappa shape index (κ1) is 17.3. The zero-order chi connectivity index (χ0) is 18.3. The number of aromatic nitrogens is 3. The van der Waals surface area contributed by atoms with Crippen LogP contribution in [0.4, 0.5) is 0 Å². The number of hydrogen-bond donors (Lipinski definition) is 1. The van der Waals surface area contributed by atoms with Crippen LogP contribution in [0.5, 0.6) is 0 Å². The highest BCUT2D eigenvalue weighted by Gasteiger charge is 2.36. The zero-order valence-electron chi connectivity index (χ0n) is 13.5. The Morgan fingerprint density at radius 3 is 2.69 bits per heavy atom. The lowest BCUT2D eigenvalue weighted by molar-refractivity contribution is -0.140. The van der Waals surface area contributed by atoms with Crippen molar-refractivity contribution < 1.29 is 9.90 Å². The van der Waals surface area contributed by atoms with Gasteiger partial charge < -0.3 is 5.11 Å². The molecule has 6 nitrogen and oxygen atoms in total. The molecular formula is C17H13ClN4O2S2. The number of halogens is 1. The molecule has 1 N–H and O–H groups in total. The van der Waals surface area contributed by atoms with Gasteiger partial charge in [0.05, 0.1) is 21.8 Å². The van der Waals surface area contributed by atoms with E-state index < -0.39 is 11.9 Å². The fourth-order valence-corrected chi connectivity index (χ4v) is 4.61. The molecule has 3 heterocycles. The molecule has 0 radical (unpaired) electrons. The summed E-state index contributed by atoms with van der Waals surface area (Å²) in [6.45, 7) is 1.68. The molecular weight excluding hydrogens is 392 g/mol. The molecule has 0 fully saturated rings. The molecule has 0 bridgehead atoms. The standard InChI is InChI=1S/C17H13ClN4O2S2/c1-9(16(23)24)14-13(10-4-6-11(18)7-5-10)21-22-15(12-3-2-8-25-12)19-20-17(22)26-14/h2-9,14H,1H3,(H,23,24). The number of thioether (sulfide) groups is 1. The summed E-state index contributed by atoms with van der Waals surface area (Å²) in [6, 6.07) is 11.1. The van der Waals surface area contributed by atoms with Crippen LogP contribution in [0.1, 0.15) is 12.5 Å². The molecule has 2 atom stereocenters. The Bertz CT molecular complexity index is 983. The molecule has 0 amide bonds. The van der Waals surface area contributed by atoms with Gasteiger partial charge in [0, 0.05) is 5.02 Å². The van der Waals surface area contributed by atoms with E-state index in [0.29, 0.717) is 21.7 Å². The van der Waals surface area contributed by atoms with Crippen LogP contribution in [0, 0.1) is 5.92 Å². The van der Waals surface area contributed by atoms with Crippen LogP contribution in [0.15, 0.2) is 52.0 Å². The fourth-order valence-electron chi connectivity index (χ4n) is 2.63. The maximum absolute atomic E-state index is 11.6. The lowest BCUT2D eigenvalue weighted by Gasteiger charge is -2.25. The monoisotopic (exact) mass is 404 g/mol. The predicted octanol–water partition coefficient (Wildman–Crippen LogP) is 4.11. The third-order valence-corrected chi connectivity index (χ3v) is 6.52.